The topological polar surface area (TPSA) is 95.7 Å². The van der Waals surface area contributed by atoms with E-state index in [9.17, 15) is 19.7 Å². The summed E-state index contributed by atoms with van der Waals surface area (Å²) in [6.07, 6.45) is 0. The van der Waals surface area contributed by atoms with E-state index >= 15 is 0 Å². The molecule has 2 aromatic rings. The zero-order valence-electron chi connectivity index (χ0n) is 14.2. The molecule has 0 atom stereocenters. The molecule has 0 aliphatic rings. The minimum absolute atomic E-state index is 0.101. The van der Waals surface area contributed by atoms with Gasteiger partial charge in [0.05, 0.1) is 4.92 Å². The van der Waals surface area contributed by atoms with E-state index in [0.717, 1.165) is 5.56 Å². The average Bonchev–Trinajstić information content (AvgIpc) is 2.59. The summed E-state index contributed by atoms with van der Waals surface area (Å²) in [5.74, 6) is -0.787. The number of carbonyl (C=O) groups is 2. The van der Waals surface area contributed by atoms with Gasteiger partial charge in [-0.15, -0.1) is 0 Å². The molecule has 0 saturated carbocycles. The molecule has 7 nitrogen and oxygen atoms in total. The van der Waals surface area contributed by atoms with Crippen LogP contribution in [0, 0.1) is 24.0 Å². The van der Waals surface area contributed by atoms with Crippen LogP contribution >= 0.6 is 11.6 Å². The van der Waals surface area contributed by atoms with Crippen molar-refractivity contribution in [2.75, 3.05) is 13.2 Å². The molecule has 0 heterocycles. The third kappa shape index (κ3) is 5.03. The monoisotopic (exact) mass is 377 g/mol. The summed E-state index contributed by atoms with van der Waals surface area (Å²) in [5, 5.41) is 11.5. The number of hydrogen-bond donors (Lipinski definition) is 0. The third-order valence-corrected chi connectivity index (χ3v) is 3.81. The summed E-state index contributed by atoms with van der Waals surface area (Å²) < 4.78 is 10.2. The number of nitro groups is 1. The van der Waals surface area contributed by atoms with E-state index in [2.05, 4.69) is 0 Å². The van der Waals surface area contributed by atoms with Crippen molar-refractivity contribution in [3.8, 4) is 5.75 Å². The lowest BCUT2D eigenvalue weighted by atomic mass is 10.1. The quantitative estimate of drug-likeness (QED) is 0.316. The molecule has 0 saturated heterocycles. The molecular weight excluding hydrogens is 362 g/mol. The molecule has 0 bridgehead atoms. The van der Waals surface area contributed by atoms with Crippen molar-refractivity contribution in [2.45, 2.75) is 13.8 Å². The van der Waals surface area contributed by atoms with Gasteiger partial charge in [0.1, 0.15) is 5.75 Å². The van der Waals surface area contributed by atoms with Crippen LogP contribution in [0.5, 0.6) is 5.75 Å². The Hall–Kier alpha value is -2.93. The number of ether oxygens (including phenoxy) is 2. The molecule has 0 radical (unpaired) electrons. The van der Waals surface area contributed by atoms with Crippen LogP contribution in [0.25, 0.3) is 0 Å². The SMILES string of the molecule is Cc1cc(Cl)ccc1OCC(=O)OCC(=O)c1ccc(C)c([N+](=O)[O-])c1. The summed E-state index contributed by atoms with van der Waals surface area (Å²) in [5.41, 5.74) is 1.14. The lowest BCUT2D eigenvalue weighted by molar-refractivity contribution is -0.385. The summed E-state index contributed by atoms with van der Waals surface area (Å²) in [6.45, 7) is 2.45. The minimum atomic E-state index is -0.727. The van der Waals surface area contributed by atoms with Gasteiger partial charge in [0.15, 0.2) is 13.2 Å². The van der Waals surface area contributed by atoms with Crippen LogP contribution in [0.4, 0.5) is 5.69 Å². The Bertz CT molecular complexity index is 865. The van der Waals surface area contributed by atoms with Crippen molar-refractivity contribution in [3.05, 3.63) is 68.2 Å². The molecule has 8 heteroatoms. The standard InChI is InChI=1S/C18H16ClNO6/c1-11-3-4-13(8-15(11)20(23)24)16(21)9-26-18(22)10-25-17-6-5-14(19)7-12(17)2/h3-8H,9-10H2,1-2H3. The summed E-state index contributed by atoms with van der Waals surface area (Å²) in [4.78, 5) is 34.1. The van der Waals surface area contributed by atoms with E-state index in [-0.39, 0.29) is 17.9 Å². The molecule has 0 amide bonds. The maximum atomic E-state index is 12.0. The number of rotatable bonds is 7. The number of nitro benzene ring substituents is 1. The Kier molecular flexibility index (Phi) is 6.30. The highest BCUT2D eigenvalue weighted by Crippen LogP contribution is 2.22. The Morgan fingerprint density at radius 2 is 1.81 bits per heavy atom. The zero-order chi connectivity index (χ0) is 19.3. The normalized spacial score (nSPS) is 10.3. The number of nitrogens with zero attached hydrogens (tertiary/aromatic N) is 1. The first-order valence-corrected chi connectivity index (χ1v) is 7.98. The van der Waals surface area contributed by atoms with Gasteiger partial charge in [-0.2, -0.15) is 0 Å². The second-order valence-electron chi connectivity index (χ2n) is 5.54. The number of hydrogen-bond acceptors (Lipinski definition) is 6. The van der Waals surface area contributed by atoms with Crippen molar-refractivity contribution in [2.24, 2.45) is 0 Å². The molecule has 2 rings (SSSR count). The second-order valence-corrected chi connectivity index (χ2v) is 5.98. The van der Waals surface area contributed by atoms with Gasteiger partial charge in [-0.25, -0.2) is 4.79 Å². The van der Waals surface area contributed by atoms with Crippen LogP contribution < -0.4 is 4.74 Å². The molecule has 0 N–H and O–H groups in total. The van der Waals surface area contributed by atoms with E-state index in [0.29, 0.717) is 16.3 Å². The smallest absolute Gasteiger partial charge is 0.344 e. The first-order chi connectivity index (χ1) is 12.3. The largest absolute Gasteiger partial charge is 0.482 e. The summed E-state index contributed by atoms with van der Waals surface area (Å²) >= 11 is 5.84. The Balaban J connectivity index is 1.89. The van der Waals surface area contributed by atoms with Crippen molar-refractivity contribution < 1.29 is 24.0 Å². The second kappa shape index (κ2) is 8.44. The van der Waals surface area contributed by atoms with Crippen LogP contribution in [-0.2, 0) is 9.53 Å². The third-order valence-electron chi connectivity index (χ3n) is 3.57. The zero-order valence-corrected chi connectivity index (χ0v) is 14.9. The van der Waals surface area contributed by atoms with Gasteiger partial charge < -0.3 is 9.47 Å². The van der Waals surface area contributed by atoms with Gasteiger partial charge in [-0.3, -0.25) is 14.9 Å². The molecule has 2 aromatic carbocycles. The van der Waals surface area contributed by atoms with E-state index < -0.39 is 23.3 Å². The highest BCUT2D eigenvalue weighted by Gasteiger charge is 2.16. The Morgan fingerprint density at radius 3 is 2.46 bits per heavy atom. The number of carbonyl (C=O) groups excluding carboxylic acids is 2. The lowest BCUT2D eigenvalue weighted by Gasteiger charge is -2.09. The van der Waals surface area contributed by atoms with Gasteiger partial charge >= 0.3 is 5.97 Å². The molecule has 0 aliphatic carbocycles. The fourth-order valence-electron chi connectivity index (χ4n) is 2.16. The van der Waals surface area contributed by atoms with Gasteiger partial charge in [-0.05, 0) is 37.6 Å². The molecule has 136 valence electrons. The van der Waals surface area contributed by atoms with Gasteiger partial charge in [0, 0.05) is 22.2 Å². The van der Waals surface area contributed by atoms with Crippen LogP contribution in [0.1, 0.15) is 21.5 Å². The van der Waals surface area contributed by atoms with E-state index in [1.54, 1.807) is 32.0 Å². The summed E-state index contributed by atoms with van der Waals surface area (Å²) in [7, 11) is 0. The molecule has 26 heavy (non-hydrogen) atoms. The van der Waals surface area contributed by atoms with Gasteiger partial charge in [0.2, 0.25) is 5.78 Å². The number of Topliss-reactive ketones (excluding diaryl/α,β-unsaturated/α-hetero) is 1. The van der Waals surface area contributed by atoms with Crippen molar-refractivity contribution in [1.29, 1.82) is 0 Å². The fourth-order valence-corrected chi connectivity index (χ4v) is 2.39. The van der Waals surface area contributed by atoms with Crippen LogP contribution in [0.3, 0.4) is 0 Å². The van der Waals surface area contributed by atoms with Crippen molar-refractivity contribution in [1.82, 2.24) is 0 Å². The minimum Gasteiger partial charge on any atom is -0.482 e. The predicted molar refractivity (Wildman–Crippen MR) is 94.8 cm³/mol. The molecular formula is C18H16ClNO6. The predicted octanol–water partition coefficient (Wildman–Crippen LogP) is 3.67. The average molecular weight is 378 g/mol. The highest BCUT2D eigenvalue weighted by atomic mass is 35.5. The lowest BCUT2D eigenvalue weighted by Crippen LogP contribution is -2.19. The molecule has 0 unspecified atom stereocenters. The maximum Gasteiger partial charge on any atom is 0.344 e. The molecule has 0 fully saturated rings. The van der Waals surface area contributed by atoms with Crippen molar-refractivity contribution in [3.63, 3.8) is 0 Å². The highest BCUT2D eigenvalue weighted by molar-refractivity contribution is 6.30. The van der Waals surface area contributed by atoms with Gasteiger partial charge in [-0.1, -0.05) is 23.7 Å². The van der Waals surface area contributed by atoms with Crippen LogP contribution in [-0.4, -0.2) is 29.9 Å². The number of aryl methyl sites for hydroxylation is 2. The summed E-state index contributed by atoms with van der Waals surface area (Å²) in [6, 6.07) is 9.03. The van der Waals surface area contributed by atoms with E-state index in [4.69, 9.17) is 21.1 Å². The van der Waals surface area contributed by atoms with Gasteiger partial charge in [0.25, 0.3) is 5.69 Å². The number of ketones is 1. The Morgan fingerprint density at radius 1 is 1.08 bits per heavy atom. The van der Waals surface area contributed by atoms with Crippen LogP contribution in [0.15, 0.2) is 36.4 Å². The van der Waals surface area contributed by atoms with Crippen LogP contribution in [0.2, 0.25) is 5.02 Å². The number of esters is 1. The molecule has 0 spiro atoms. The molecule has 0 aromatic heterocycles. The Labute approximate surface area is 154 Å². The molecule has 0 aliphatic heterocycles. The number of halogens is 1. The first-order valence-electron chi connectivity index (χ1n) is 7.60. The maximum absolute atomic E-state index is 12.0. The fraction of sp³-hybridized carbons (Fsp3) is 0.222. The number of benzene rings is 2. The first kappa shape index (κ1) is 19.4. The van der Waals surface area contributed by atoms with E-state index in [1.807, 2.05) is 0 Å². The van der Waals surface area contributed by atoms with E-state index in [1.165, 1.54) is 18.2 Å². The van der Waals surface area contributed by atoms with Crippen molar-refractivity contribution >= 4 is 29.0 Å².